The molecule has 2 N–H and O–H groups in total. The number of carbonyl (C=O) groups is 1. The molecule has 0 unspecified atom stereocenters. The van der Waals surface area contributed by atoms with Gasteiger partial charge in [0, 0.05) is 17.4 Å². The fourth-order valence-corrected chi connectivity index (χ4v) is 4.15. The quantitative estimate of drug-likeness (QED) is 0.375. The Morgan fingerprint density at radius 2 is 1.94 bits per heavy atom. The van der Waals surface area contributed by atoms with E-state index in [0.29, 0.717) is 23.2 Å². The van der Waals surface area contributed by atoms with Crippen LogP contribution in [-0.4, -0.2) is 43.7 Å². The van der Waals surface area contributed by atoms with Gasteiger partial charge in [0.15, 0.2) is 0 Å². The zero-order valence-electron chi connectivity index (χ0n) is 16.5. The number of rotatable bonds is 9. The van der Waals surface area contributed by atoms with Crippen LogP contribution in [0.25, 0.3) is 0 Å². The van der Waals surface area contributed by atoms with E-state index in [1.165, 1.54) is 36.7 Å². The van der Waals surface area contributed by atoms with Crippen molar-refractivity contribution in [1.82, 2.24) is 15.4 Å². The maximum absolute atomic E-state index is 13.3. The average Bonchev–Trinajstić information content (AvgIpc) is 3.27. The molecule has 11 heteroatoms. The number of carbonyl (C=O) groups excluding carboxylic acids is 1. The number of hydrogen-bond donors (Lipinski definition) is 2. The van der Waals surface area contributed by atoms with Gasteiger partial charge >= 0.3 is 0 Å². The second-order valence-electron chi connectivity index (χ2n) is 6.16. The molecule has 0 radical (unpaired) electrons. The Kier molecular flexibility index (Phi) is 7.27. The molecule has 0 spiro atoms. The van der Waals surface area contributed by atoms with Crippen molar-refractivity contribution in [2.45, 2.75) is 11.8 Å². The minimum absolute atomic E-state index is 0.0118. The molecule has 162 valence electrons. The second-order valence-corrected chi connectivity index (χ2v) is 8.46. The van der Waals surface area contributed by atoms with E-state index in [1.807, 2.05) is 6.92 Å². The number of amides is 1. The Balaban J connectivity index is 1.85. The van der Waals surface area contributed by atoms with Gasteiger partial charge in [0.05, 0.1) is 23.4 Å². The highest BCUT2D eigenvalue weighted by Gasteiger charge is 2.27. The first-order valence-corrected chi connectivity index (χ1v) is 11.0. The third kappa shape index (κ3) is 5.83. The lowest BCUT2D eigenvalue weighted by molar-refractivity contribution is -0.119. The number of sulfonamides is 1. The summed E-state index contributed by atoms with van der Waals surface area (Å²) in [5.74, 6) is 0.355. The molecule has 31 heavy (non-hydrogen) atoms. The number of H-pyrrole nitrogens is 1. The zero-order valence-corrected chi connectivity index (χ0v) is 18.1. The third-order valence-electron chi connectivity index (χ3n) is 4.02. The largest absolute Gasteiger partial charge is 0.494 e. The van der Waals surface area contributed by atoms with E-state index in [2.05, 4.69) is 20.5 Å². The molecule has 0 aliphatic rings. The van der Waals surface area contributed by atoms with Crippen LogP contribution in [0.2, 0.25) is 5.02 Å². The number of aromatic nitrogens is 2. The maximum atomic E-state index is 13.3. The summed E-state index contributed by atoms with van der Waals surface area (Å²) in [6.45, 7) is 1.80. The summed E-state index contributed by atoms with van der Waals surface area (Å²) in [6.07, 6.45) is 4.45. The fraction of sp³-hybridized carbons (Fsp3) is 0.150. The van der Waals surface area contributed by atoms with Gasteiger partial charge in [-0.25, -0.2) is 18.8 Å². The molecule has 0 atom stereocenters. The highest BCUT2D eigenvalue weighted by atomic mass is 35.5. The van der Waals surface area contributed by atoms with Gasteiger partial charge in [-0.15, -0.1) is 0 Å². The number of hydrazone groups is 1. The average molecular weight is 462 g/mol. The van der Waals surface area contributed by atoms with Crippen molar-refractivity contribution in [2.24, 2.45) is 5.10 Å². The molecule has 0 bridgehead atoms. The normalized spacial score (nSPS) is 11.4. The molecule has 0 fully saturated rings. The predicted octanol–water partition coefficient (Wildman–Crippen LogP) is 2.81. The highest BCUT2D eigenvalue weighted by Crippen LogP contribution is 2.26. The topological polar surface area (TPSA) is 117 Å². The first-order chi connectivity index (χ1) is 14.9. The Morgan fingerprint density at radius 3 is 2.55 bits per heavy atom. The van der Waals surface area contributed by atoms with Gasteiger partial charge in [0.2, 0.25) is 0 Å². The Morgan fingerprint density at radius 1 is 1.23 bits per heavy atom. The maximum Gasteiger partial charge on any atom is 0.264 e. The molecule has 0 saturated carbocycles. The van der Waals surface area contributed by atoms with E-state index in [1.54, 1.807) is 30.5 Å². The molecular formula is C20H20ClN5O4S. The van der Waals surface area contributed by atoms with Crippen LogP contribution in [0.3, 0.4) is 0 Å². The predicted molar refractivity (Wildman–Crippen MR) is 118 cm³/mol. The molecule has 0 saturated heterocycles. The van der Waals surface area contributed by atoms with E-state index in [9.17, 15) is 13.2 Å². The number of nitrogens with one attached hydrogen (secondary N) is 2. The van der Waals surface area contributed by atoms with Gasteiger partial charge in [0.25, 0.3) is 15.9 Å². The SMILES string of the molecule is CCOc1ccc(S(=O)(=O)N(CC(=O)NN=Cc2ncc[nH]2)c2ccc(Cl)cc2)cc1. The van der Waals surface area contributed by atoms with Crippen LogP contribution < -0.4 is 14.5 Å². The van der Waals surface area contributed by atoms with Gasteiger partial charge in [-0.3, -0.25) is 9.10 Å². The second kappa shape index (κ2) is 10.1. The molecule has 3 rings (SSSR count). The van der Waals surface area contributed by atoms with E-state index in [-0.39, 0.29) is 10.6 Å². The summed E-state index contributed by atoms with van der Waals surface area (Å²) in [6, 6.07) is 12.1. The Bertz CT molecular complexity index is 1130. The first-order valence-electron chi connectivity index (χ1n) is 9.22. The number of anilines is 1. The van der Waals surface area contributed by atoms with E-state index in [4.69, 9.17) is 16.3 Å². The Labute approximate surface area is 184 Å². The summed E-state index contributed by atoms with van der Waals surface area (Å²) < 4.78 is 32.9. The summed E-state index contributed by atoms with van der Waals surface area (Å²) in [4.78, 5) is 19.2. The van der Waals surface area contributed by atoms with E-state index >= 15 is 0 Å². The van der Waals surface area contributed by atoms with Crippen LogP contribution in [0.15, 0.2) is 70.9 Å². The summed E-state index contributed by atoms with van der Waals surface area (Å²) >= 11 is 5.93. The molecule has 1 amide bonds. The van der Waals surface area contributed by atoms with Gasteiger partial charge in [-0.2, -0.15) is 5.10 Å². The number of benzene rings is 2. The van der Waals surface area contributed by atoms with Crippen LogP contribution in [0.4, 0.5) is 5.69 Å². The Hall–Kier alpha value is -3.37. The smallest absolute Gasteiger partial charge is 0.264 e. The number of nitrogens with zero attached hydrogens (tertiary/aromatic N) is 3. The van der Waals surface area contributed by atoms with Gasteiger partial charge in [0.1, 0.15) is 18.1 Å². The minimum Gasteiger partial charge on any atom is -0.494 e. The van der Waals surface area contributed by atoms with E-state index in [0.717, 1.165) is 4.31 Å². The molecule has 2 aromatic carbocycles. The molecule has 3 aromatic rings. The monoisotopic (exact) mass is 461 g/mol. The molecule has 0 aliphatic heterocycles. The lowest BCUT2D eigenvalue weighted by Crippen LogP contribution is -2.39. The van der Waals surface area contributed by atoms with Crippen molar-refractivity contribution < 1.29 is 17.9 Å². The minimum atomic E-state index is -4.06. The van der Waals surface area contributed by atoms with Gasteiger partial charge in [-0.1, -0.05) is 11.6 Å². The molecule has 1 heterocycles. The van der Waals surface area contributed by atoms with E-state index < -0.39 is 22.5 Å². The number of imidazole rings is 1. The number of hydrogen-bond acceptors (Lipinski definition) is 6. The van der Waals surface area contributed by atoms with Crippen molar-refractivity contribution >= 4 is 39.4 Å². The molecule has 0 aliphatic carbocycles. The van der Waals surface area contributed by atoms with Crippen LogP contribution in [0.5, 0.6) is 5.75 Å². The summed E-state index contributed by atoms with van der Waals surface area (Å²) in [7, 11) is -4.06. The fourth-order valence-electron chi connectivity index (χ4n) is 2.60. The highest BCUT2D eigenvalue weighted by molar-refractivity contribution is 7.92. The van der Waals surface area contributed by atoms with Gasteiger partial charge in [-0.05, 0) is 55.5 Å². The van der Waals surface area contributed by atoms with Crippen LogP contribution in [0.1, 0.15) is 12.7 Å². The first kappa shape index (κ1) is 22.3. The lowest BCUT2D eigenvalue weighted by atomic mass is 10.3. The molecule has 1 aromatic heterocycles. The van der Waals surface area contributed by atoms with Crippen molar-refractivity contribution in [3.63, 3.8) is 0 Å². The van der Waals surface area contributed by atoms with Crippen molar-refractivity contribution in [3.8, 4) is 5.75 Å². The van der Waals surface area contributed by atoms with Gasteiger partial charge < -0.3 is 9.72 Å². The standard InChI is InChI=1S/C20H20ClN5O4S/c1-2-30-17-7-9-18(10-8-17)31(28,29)26(16-5-3-15(21)4-6-16)14-20(27)25-24-13-19-22-11-12-23-19/h3-13H,2,14H2,1H3,(H,22,23)(H,25,27). The number of aromatic amines is 1. The lowest BCUT2D eigenvalue weighted by Gasteiger charge is -2.23. The van der Waals surface area contributed by atoms with Crippen LogP contribution >= 0.6 is 11.6 Å². The van der Waals surface area contributed by atoms with Crippen molar-refractivity contribution in [2.75, 3.05) is 17.5 Å². The number of ether oxygens (including phenoxy) is 1. The number of halogens is 1. The summed E-state index contributed by atoms with van der Waals surface area (Å²) in [5, 5.41) is 4.22. The van der Waals surface area contributed by atoms with Crippen molar-refractivity contribution in [3.05, 3.63) is 71.8 Å². The third-order valence-corrected chi connectivity index (χ3v) is 6.06. The van der Waals surface area contributed by atoms with Crippen LogP contribution in [-0.2, 0) is 14.8 Å². The van der Waals surface area contributed by atoms with Crippen LogP contribution in [0, 0.1) is 0 Å². The zero-order chi connectivity index (χ0) is 22.3. The molecule has 9 nitrogen and oxygen atoms in total. The molecular weight excluding hydrogens is 442 g/mol. The van der Waals surface area contributed by atoms with Crippen molar-refractivity contribution in [1.29, 1.82) is 0 Å². The summed E-state index contributed by atoms with van der Waals surface area (Å²) in [5.41, 5.74) is 2.58.